The minimum absolute atomic E-state index is 0.0232. The van der Waals surface area contributed by atoms with Gasteiger partial charge >= 0.3 is 5.97 Å². The van der Waals surface area contributed by atoms with Crippen LogP contribution in [0.1, 0.15) is 30.9 Å². The molecule has 3 atom stereocenters. The Morgan fingerprint density at radius 2 is 2.29 bits per heavy atom. The van der Waals surface area contributed by atoms with Gasteiger partial charge in [0.2, 0.25) is 0 Å². The summed E-state index contributed by atoms with van der Waals surface area (Å²) in [7, 11) is 1.56. The normalized spacial score (nSPS) is 19.9. The van der Waals surface area contributed by atoms with Gasteiger partial charge in [0, 0.05) is 46.1 Å². The lowest BCUT2D eigenvalue weighted by Gasteiger charge is -2.37. The zero-order valence-corrected chi connectivity index (χ0v) is 20.8. The van der Waals surface area contributed by atoms with Crippen molar-refractivity contribution in [3.05, 3.63) is 52.6 Å². The van der Waals surface area contributed by atoms with Crippen LogP contribution < -0.4 is 10.5 Å². The molecule has 2 unspecified atom stereocenters. The number of piperidine rings is 1. The lowest BCUT2D eigenvalue weighted by molar-refractivity contribution is -0.146. The van der Waals surface area contributed by atoms with Gasteiger partial charge in [0.25, 0.3) is 0 Å². The van der Waals surface area contributed by atoms with Crippen LogP contribution in [0.3, 0.4) is 0 Å². The molecule has 1 aromatic carbocycles. The molecule has 0 aliphatic carbocycles. The molecule has 3 N–H and O–H groups in total. The van der Waals surface area contributed by atoms with Crippen molar-refractivity contribution in [1.82, 2.24) is 9.88 Å². The Labute approximate surface area is 207 Å². The molecule has 0 spiro atoms. The van der Waals surface area contributed by atoms with Crippen LogP contribution in [-0.4, -0.2) is 53.5 Å². The number of benzene rings is 1. The Kier molecular flexibility index (Phi) is 8.41. The van der Waals surface area contributed by atoms with Gasteiger partial charge in [-0.3, -0.25) is 9.78 Å². The van der Waals surface area contributed by atoms with Crippen LogP contribution in [0.25, 0.3) is 10.9 Å². The number of fused-ring (bicyclic) bond motifs is 1. The van der Waals surface area contributed by atoms with E-state index in [1.807, 2.05) is 0 Å². The molecule has 1 fully saturated rings. The highest BCUT2D eigenvalue weighted by molar-refractivity contribution is 7.99. The van der Waals surface area contributed by atoms with E-state index in [1.54, 1.807) is 48.4 Å². The monoisotopic (exact) mass is 503 g/mol. The number of halogens is 1. The van der Waals surface area contributed by atoms with E-state index in [-0.39, 0.29) is 5.92 Å². The zero-order chi connectivity index (χ0) is 24.1. The number of aliphatic carboxylic acids is 1. The Morgan fingerprint density at radius 3 is 3.03 bits per heavy atom. The molecular formula is C25H30FN3O3S2. The Bertz CT molecular complexity index is 1110. The second kappa shape index (κ2) is 11.5. The van der Waals surface area contributed by atoms with Crippen LogP contribution >= 0.6 is 23.1 Å². The first-order valence-corrected chi connectivity index (χ1v) is 13.4. The molecule has 0 saturated carbocycles. The van der Waals surface area contributed by atoms with Crippen molar-refractivity contribution < 1.29 is 19.0 Å². The molecule has 34 heavy (non-hydrogen) atoms. The van der Waals surface area contributed by atoms with Gasteiger partial charge in [-0.25, -0.2) is 4.39 Å². The fourth-order valence-electron chi connectivity index (χ4n) is 4.73. The lowest BCUT2D eigenvalue weighted by atomic mass is 9.81. The number of thiophene rings is 1. The number of ether oxygens (including phenoxy) is 1. The first kappa shape index (κ1) is 24.9. The van der Waals surface area contributed by atoms with Crippen LogP contribution in [0, 0.1) is 17.7 Å². The van der Waals surface area contributed by atoms with Gasteiger partial charge in [0.1, 0.15) is 11.6 Å². The van der Waals surface area contributed by atoms with Crippen molar-refractivity contribution in [3.8, 4) is 5.75 Å². The number of thioether (sulfide) groups is 1. The maximum absolute atomic E-state index is 14.8. The van der Waals surface area contributed by atoms with Gasteiger partial charge in [-0.1, -0.05) is 0 Å². The molecule has 3 aromatic rings. The number of aromatic nitrogens is 1. The Morgan fingerprint density at radius 1 is 1.44 bits per heavy atom. The number of likely N-dealkylation sites (tertiary alicyclic amines) is 1. The van der Waals surface area contributed by atoms with Gasteiger partial charge in [0.05, 0.1) is 24.7 Å². The van der Waals surface area contributed by atoms with E-state index in [9.17, 15) is 14.3 Å². The fourth-order valence-corrected chi connectivity index (χ4v) is 6.52. The topological polar surface area (TPSA) is 88.7 Å². The van der Waals surface area contributed by atoms with Crippen molar-refractivity contribution in [3.63, 3.8) is 0 Å². The van der Waals surface area contributed by atoms with Crippen LogP contribution in [-0.2, 0) is 4.79 Å². The second-order valence-corrected chi connectivity index (χ2v) is 10.6. The highest BCUT2D eigenvalue weighted by atomic mass is 32.2. The van der Waals surface area contributed by atoms with E-state index < -0.39 is 23.7 Å². The lowest BCUT2D eigenvalue weighted by Crippen LogP contribution is -2.44. The molecule has 0 amide bonds. The molecule has 2 aromatic heterocycles. The molecule has 4 rings (SSSR count). The quantitative estimate of drug-likeness (QED) is 0.375. The number of nitrogens with two attached hydrogens (primary N) is 1. The molecule has 9 heteroatoms. The summed E-state index contributed by atoms with van der Waals surface area (Å²) in [6, 6.07) is 6.89. The molecule has 1 saturated heterocycles. The number of methoxy groups -OCH3 is 1. The smallest absolute Gasteiger partial charge is 0.308 e. The Balaban J connectivity index is 1.38. The van der Waals surface area contributed by atoms with Crippen molar-refractivity contribution in [2.45, 2.75) is 30.2 Å². The number of carboxylic acid groups (broad SMARTS) is 1. The molecule has 1 aliphatic heterocycles. The number of nitrogens with zero attached hydrogens (tertiary/aromatic N) is 2. The van der Waals surface area contributed by atoms with E-state index in [0.717, 1.165) is 25.3 Å². The summed E-state index contributed by atoms with van der Waals surface area (Å²) >= 11 is 3.49. The summed E-state index contributed by atoms with van der Waals surface area (Å²) in [6.07, 6.45) is 3.16. The number of carboxylic acids is 1. The second-order valence-electron chi connectivity index (χ2n) is 8.69. The molecule has 0 bridgehead atoms. The third kappa shape index (κ3) is 5.89. The minimum Gasteiger partial charge on any atom is -0.497 e. The molecular weight excluding hydrogens is 473 g/mol. The largest absolute Gasteiger partial charge is 0.497 e. The summed E-state index contributed by atoms with van der Waals surface area (Å²) in [5.41, 5.74) is 7.54. The molecule has 6 nitrogen and oxygen atoms in total. The number of carbonyl (C=O) groups is 1. The number of pyridine rings is 1. The fraction of sp³-hybridized carbons (Fsp3) is 0.440. The zero-order valence-electron chi connectivity index (χ0n) is 19.2. The predicted molar refractivity (Wildman–Crippen MR) is 135 cm³/mol. The third-order valence-corrected chi connectivity index (χ3v) is 8.42. The predicted octanol–water partition coefficient (Wildman–Crippen LogP) is 5.04. The average molecular weight is 504 g/mol. The van der Waals surface area contributed by atoms with E-state index >= 15 is 0 Å². The summed E-state index contributed by atoms with van der Waals surface area (Å²) in [5, 5.41) is 14.7. The standard InChI is InChI=1S/C25H30FN3O3S2/c1-32-17-3-5-23-19(12-17)24(21(26)13-28-23)22(27)4-2-16-6-8-29(14-20(16)25(30)31)9-11-34-18-7-10-33-15-18/h3,5,7,10,12-13,15-16,20,22H,2,4,6,8-9,11,14,27H2,1H3,(H,30,31)/t16?,20?,22-/m1/s1. The van der Waals surface area contributed by atoms with Crippen molar-refractivity contribution in [2.75, 3.05) is 32.5 Å². The molecule has 182 valence electrons. The van der Waals surface area contributed by atoms with E-state index in [1.165, 1.54) is 11.1 Å². The highest BCUT2D eigenvalue weighted by Crippen LogP contribution is 2.34. The van der Waals surface area contributed by atoms with E-state index in [0.29, 0.717) is 41.6 Å². The van der Waals surface area contributed by atoms with Crippen LogP contribution in [0.4, 0.5) is 4.39 Å². The summed E-state index contributed by atoms with van der Waals surface area (Å²) in [6.45, 7) is 2.29. The first-order chi connectivity index (χ1) is 16.5. The summed E-state index contributed by atoms with van der Waals surface area (Å²) in [4.78, 5) is 19.7. The van der Waals surface area contributed by atoms with Crippen LogP contribution in [0.2, 0.25) is 0 Å². The van der Waals surface area contributed by atoms with Gasteiger partial charge in [0.15, 0.2) is 0 Å². The van der Waals surface area contributed by atoms with Crippen molar-refractivity contribution >= 4 is 40.0 Å². The van der Waals surface area contributed by atoms with Crippen molar-refractivity contribution in [1.29, 1.82) is 0 Å². The van der Waals surface area contributed by atoms with Crippen LogP contribution in [0.5, 0.6) is 5.75 Å². The SMILES string of the molecule is COc1ccc2ncc(F)c([C@H](N)CCC3CCN(CCSc4ccsc4)CC3C(=O)O)c2c1. The van der Waals surface area contributed by atoms with Gasteiger partial charge in [-0.2, -0.15) is 11.3 Å². The van der Waals surface area contributed by atoms with E-state index in [4.69, 9.17) is 10.5 Å². The maximum Gasteiger partial charge on any atom is 0.308 e. The molecule has 3 heterocycles. The minimum atomic E-state index is -0.765. The number of hydrogen-bond donors (Lipinski definition) is 2. The van der Waals surface area contributed by atoms with Gasteiger partial charge in [-0.15, -0.1) is 11.8 Å². The first-order valence-electron chi connectivity index (χ1n) is 11.4. The van der Waals surface area contributed by atoms with Crippen LogP contribution in [0.15, 0.2) is 46.1 Å². The highest BCUT2D eigenvalue weighted by Gasteiger charge is 2.34. The Hall–Kier alpha value is -2.20. The summed E-state index contributed by atoms with van der Waals surface area (Å²) in [5.74, 6) is -0.0682. The van der Waals surface area contributed by atoms with Gasteiger partial charge < -0.3 is 20.5 Å². The third-order valence-electron chi connectivity index (χ3n) is 6.62. The number of hydrogen-bond acceptors (Lipinski definition) is 7. The number of rotatable bonds is 10. The van der Waals surface area contributed by atoms with Crippen molar-refractivity contribution in [2.24, 2.45) is 17.6 Å². The van der Waals surface area contributed by atoms with Gasteiger partial charge in [-0.05, 0) is 61.4 Å². The average Bonchev–Trinajstić information content (AvgIpc) is 3.36. The molecule has 1 aliphatic rings. The van der Waals surface area contributed by atoms with E-state index in [2.05, 4.69) is 26.7 Å². The summed E-state index contributed by atoms with van der Waals surface area (Å²) < 4.78 is 20.1. The molecule has 0 radical (unpaired) electrons. The maximum atomic E-state index is 14.8.